The predicted molar refractivity (Wildman–Crippen MR) is 81.5 cm³/mol. The van der Waals surface area contributed by atoms with Gasteiger partial charge in [0, 0.05) is 24.9 Å². The zero-order valence-corrected chi connectivity index (χ0v) is 11.8. The van der Waals surface area contributed by atoms with Crippen LogP contribution in [0.4, 0.5) is 5.69 Å². The van der Waals surface area contributed by atoms with Gasteiger partial charge in [0.15, 0.2) is 0 Å². The first-order chi connectivity index (χ1) is 10.3. The number of aromatic nitrogens is 1. The fourth-order valence-electron chi connectivity index (χ4n) is 1.84. The lowest BCUT2D eigenvalue weighted by Crippen LogP contribution is -2.23. The molecule has 0 aliphatic rings. The van der Waals surface area contributed by atoms with Crippen molar-refractivity contribution < 1.29 is 14.9 Å². The van der Waals surface area contributed by atoms with Gasteiger partial charge in [-0.3, -0.25) is 4.98 Å². The SMILES string of the molecule is OCC(O)CNc1ccccc1OCCc1ccccn1. The standard InChI is InChI=1S/C16H20N2O3/c19-12-14(20)11-18-15-6-1-2-7-16(15)21-10-8-13-5-3-4-9-17-13/h1-7,9,14,18-20H,8,10-12H2. The number of ether oxygens (including phenoxy) is 1. The summed E-state index contributed by atoms with van der Waals surface area (Å²) in [7, 11) is 0. The molecule has 1 aromatic carbocycles. The number of hydrogen-bond acceptors (Lipinski definition) is 5. The van der Waals surface area contributed by atoms with E-state index in [0.29, 0.717) is 6.61 Å². The molecular formula is C16H20N2O3. The average molecular weight is 288 g/mol. The van der Waals surface area contributed by atoms with Gasteiger partial charge in [0.1, 0.15) is 5.75 Å². The molecule has 21 heavy (non-hydrogen) atoms. The van der Waals surface area contributed by atoms with Gasteiger partial charge in [-0.05, 0) is 24.3 Å². The van der Waals surface area contributed by atoms with Crippen LogP contribution in [0.5, 0.6) is 5.75 Å². The Bertz CT molecular complexity index is 534. The van der Waals surface area contributed by atoms with Gasteiger partial charge in [-0.2, -0.15) is 0 Å². The van der Waals surface area contributed by atoms with Crippen LogP contribution in [0.3, 0.4) is 0 Å². The van der Waals surface area contributed by atoms with Crippen LogP contribution in [0.15, 0.2) is 48.7 Å². The largest absolute Gasteiger partial charge is 0.491 e. The minimum atomic E-state index is -0.786. The van der Waals surface area contributed by atoms with Crippen molar-refractivity contribution in [1.29, 1.82) is 0 Å². The highest BCUT2D eigenvalue weighted by atomic mass is 16.5. The van der Waals surface area contributed by atoms with E-state index in [0.717, 1.165) is 23.6 Å². The van der Waals surface area contributed by atoms with Crippen molar-refractivity contribution in [2.75, 3.05) is 25.1 Å². The first-order valence-electron chi connectivity index (χ1n) is 6.94. The number of nitrogens with zero attached hydrogens (tertiary/aromatic N) is 1. The van der Waals surface area contributed by atoms with Crippen molar-refractivity contribution >= 4 is 5.69 Å². The van der Waals surface area contributed by atoms with Crippen LogP contribution in [0.2, 0.25) is 0 Å². The minimum absolute atomic E-state index is 0.268. The molecule has 0 fully saturated rings. The van der Waals surface area contributed by atoms with Crippen molar-refractivity contribution in [3.8, 4) is 5.75 Å². The van der Waals surface area contributed by atoms with E-state index in [-0.39, 0.29) is 13.2 Å². The van der Waals surface area contributed by atoms with E-state index in [2.05, 4.69) is 10.3 Å². The zero-order chi connectivity index (χ0) is 14.9. The minimum Gasteiger partial charge on any atom is -0.491 e. The summed E-state index contributed by atoms with van der Waals surface area (Å²) in [5, 5.41) is 21.3. The maximum atomic E-state index is 9.37. The molecule has 0 spiro atoms. The van der Waals surface area contributed by atoms with Crippen LogP contribution >= 0.6 is 0 Å². The Morgan fingerprint density at radius 3 is 2.71 bits per heavy atom. The number of nitrogens with one attached hydrogen (secondary N) is 1. The number of hydrogen-bond donors (Lipinski definition) is 3. The van der Waals surface area contributed by atoms with Gasteiger partial charge >= 0.3 is 0 Å². The number of aliphatic hydroxyl groups excluding tert-OH is 2. The van der Waals surface area contributed by atoms with Crippen LogP contribution in [-0.2, 0) is 6.42 Å². The van der Waals surface area contributed by atoms with Crippen molar-refractivity contribution in [3.63, 3.8) is 0 Å². The van der Waals surface area contributed by atoms with Crippen LogP contribution in [0.25, 0.3) is 0 Å². The molecule has 1 unspecified atom stereocenters. The molecule has 0 amide bonds. The number of rotatable bonds is 8. The van der Waals surface area contributed by atoms with E-state index in [1.807, 2.05) is 42.5 Å². The molecule has 0 aliphatic carbocycles. The molecule has 3 N–H and O–H groups in total. The van der Waals surface area contributed by atoms with Crippen LogP contribution in [0, 0.1) is 0 Å². The fourth-order valence-corrected chi connectivity index (χ4v) is 1.84. The van der Waals surface area contributed by atoms with Gasteiger partial charge < -0.3 is 20.3 Å². The Morgan fingerprint density at radius 2 is 1.95 bits per heavy atom. The van der Waals surface area contributed by atoms with Gasteiger partial charge in [-0.15, -0.1) is 0 Å². The van der Waals surface area contributed by atoms with Crippen molar-refractivity contribution in [1.82, 2.24) is 4.98 Å². The van der Waals surface area contributed by atoms with Crippen LogP contribution in [-0.4, -0.2) is 41.1 Å². The molecule has 2 aromatic rings. The summed E-state index contributed by atoms with van der Waals surface area (Å²) in [4.78, 5) is 4.25. The van der Waals surface area contributed by atoms with Crippen LogP contribution < -0.4 is 10.1 Å². The van der Waals surface area contributed by atoms with Crippen molar-refractivity contribution in [2.45, 2.75) is 12.5 Å². The summed E-state index contributed by atoms with van der Waals surface area (Å²) >= 11 is 0. The van der Waals surface area contributed by atoms with E-state index in [9.17, 15) is 5.11 Å². The van der Waals surface area contributed by atoms with E-state index in [1.165, 1.54) is 0 Å². The van der Waals surface area contributed by atoms with Gasteiger partial charge in [0.05, 0.1) is 25.0 Å². The lowest BCUT2D eigenvalue weighted by molar-refractivity contribution is 0.105. The molecule has 5 heteroatoms. The third kappa shape index (κ3) is 5.06. The molecule has 0 saturated carbocycles. The lowest BCUT2D eigenvalue weighted by Gasteiger charge is -2.14. The summed E-state index contributed by atoms with van der Waals surface area (Å²) in [5.74, 6) is 0.721. The Hall–Kier alpha value is -2.11. The number of pyridine rings is 1. The maximum Gasteiger partial charge on any atom is 0.142 e. The summed E-state index contributed by atoms with van der Waals surface area (Å²) in [6.07, 6.45) is 1.71. The molecule has 0 saturated heterocycles. The first-order valence-corrected chi connectivity index (χ1v) is 6.94. The van der Waals surface area contributed by atoms with E-state index < -0.39 is 6.10 Å². The maximum absolute atomic E-state index is 9.37. The highest BCUT2D eigenvalue weighted by molar-refractivity contribution is 5.56. The lowest BCUT2D eigenvalue weighted by atomic mass is 10.2. The molecule has 0 aliphatic heterocycles. The zero-order valence-electron chi connectivity index (χ0n) is 11.8. The second kappa shape index (κ2) is 8.24. The molecule has 1 aromatic heterocycles. The highest BCUT2D eigenvalue weighted by Crippen LogP contribution is 2.23. The van der Waals surface area contributed by atoms with E-state index in [4.69, 9.17) is 9.84 Å². The summed E-state index contributed by atoms with van der Waals surface area (Å²) in [5.41, 5.74) is 1.78. The predicted octanol–water partition coefficient (Wildman–Crippen LogP) is 1.47. The monoisotopic (exact) mass is 288 g/mol. The summed E-state index contributed by atoms with van der Waals surface area (Å²) < 4.78 is 5.76. The third-order valence-electron chi connectivity index (χ3n) is 2.97. The molecule has 5 nitrogen and oxygen atoms in total. The van der Waals surface area contributed by atoms with Gasteiger partial charge in [-0.1, -0.05) is 18.2 Å². The molecule has 0 bridgehead atoms. The smallest absolute Gasteiger partial charge is 0.142 e. The Kier molecular flexibility index (Phi) is 5.99. The van der Waals surface area contributed by atoms with Crippen molar-refractivity contribution in [2.24, 2.45) is 0 Å². The molecule has 1 atom stereocenters. The van der Waals surface area contributed by atoms with Gasteiger partial charge in [0.25, 0.3) is 0 Å². The molecule has 0 radical (unpaired) electrons. The number of anilines is 1. The van der Waals surface area contributed by atoms with E-state index in [1.54, 1.807) is 6.20 Å². The third-order valence-corrected chi connectivity index (χ3v) is 2.97. The molecule has 1 heterocycles. The Balaban J connectivity index is 1.87. The highest BCUT2D eigenvalue weighted by Gasteiger charge is 2.06. The van der Waals surface area contributed by atoms with Gasteiger partial charge in [0.2, 0.25) is 0 Å². The van der Waals surface area contributed by atoms with E-state index >= 15 is 0 Å². The molecule has 2 rings (SSSR count). The number of para-hydroxylation sites is 2. The van der Waals surface area contributed by atoms with Gasteiger partial charge in [-0.25, -0.2) is 0 Å². The van der Waals surface area contributed by atoms with Crippen molar-refractivity contribution in [3.05, 3.63) is 54.4 Å². The number of benzene rings is 1. The summed E-state index contributed by atoms with van der Waals surface area (Å²) in [6, 6.07) is 13.3. The number of aliphatic hydroxyl groups is 2. The fraction of sp³-hybridized carbons (Fsp3) is 0.312. The molecular weight excluding hydrogens is 268 g/mol. The Labute approximate surface area is 124 Å². The second-order valence-corrected chi connectivity index (χ2v) is 4.63. The second-order valence-electron chi connectivity index (χ2n) is 4.63. The molecule has 112 valence electrons. The summed E-state index contributed by atoms with van der Waals surface area (Å²) in [6.45, 7) is 0.533. The average Bonchev–Trinajstić information content (AvgIpc) is 2.54. The normalized spacial score (nSPS) is 11.9. The first kappa shape index (κ1) is 15.3. The Morgan fingerprint density at radius 1 is 1.14 bits per heavy atom. The topological polar surface area (TPSA) is 74.6 Å². The quantitative estimate of drug-likeness (QED) is 0.686. The van der Waals surface area contributed by atoms with Crippen LogP contribution in [0.1, 0.15) is 5.69 Å².